The first-order chi connectivity index (χ1) is 15.6. The molecule has 5 aromatic rings. The molecule has 0 unspecified atom stereocenters. The fourth-order valence-electron chi connectivity index (χ4n) is 3.75. The van der Waals surface area contributed by atoms with Crippen LogP contribution in [-0.4, -0.2) is 30.4 Å². The quantitative estimate of drug-likeness (QED) is 0.343. The van der Waals surface area contributed by atoms with Crippen molar-refractivity contribution < 1.29 is 4.39 Å². The summed E-state index contributed by atoms with van der Waals surface area (Å²) in [6, 6.07) is 20.4. The molecule has 158 valence electrons. The molecule has 0 saturated carbocycles. The Bertz CT molecular complexity index is 1390. The highest BCUT2D eigenvalue weighted by Crippen LogP contribution is 2.33. The van der Waals surface area contributed by atoms with Crippen LogP contribution in [0.25, 0.3) is 27.7 Å². The van der Waals surface area contributed by atoms with E-state index in [0.29, 0.717) is 5.75 Å². The van der Waals surface area contributed by atoms with Gasteiger partial charge in [0.25, 0.3) is 0 Å². The molecule has 6 nitrogen and oxygen atoms in total. The molecule has 0 aliphatic carbocycles. The minimum Gasteiger partial charge on any atom is -0.207 e. The first-order valence-electron chi connectivity index (χ1n) is 10.1. The second-order valence-electron chi connectivity index (χ2n) is 7.44. The van der Waals surface area contributed by atoms with Gasteiger partial charge >= 0.3 is 0 Å². The molecule has 0 radical (unpaired) electrons. The van der Waals surface area contributed by atoms with Gasteiger partial charge in [-0.25, -0.2) is 4.39 Å². The number of thioether (sulfide) groups is 1. The van der Waals surface area contributed by atoms with E-state index < -0.39 is 0 Å². The van der Waals surface area contributed by atoms with Crippen molar-refractivity contribution in [2.75, 3.05) is 0 Å². The lowest BCUT2D eigenvalue weighted by atomic mass is 10.1. The average molecular weight is 443 g/mol. The van der Waals surface area contributed by atoms with Gasteiger partial charge in [0.05, 0.1) is 11.4 Å². The number of halogens is 1. The number of benzene rings is 3. The average Bonchev–Trinajstić information content (AvgIpc) is 3.26. The Morgan fingerprint density at radius 2 is 1.53 bits per heavy atom. The van der Waals surface area contributed by atoms with E-state index in [-0.39, 0.29) is 5.82 Å². The summed E-state index contributed by atoms with van der Waals surface area (Å²) < 4.78 is 15.2. The normalized spacial score (nSPS) is 11.2. The Labute approximate surface area is 188 Å². The van der Waals surface area contributed by atoms with Crippen LogP contribution in [0.4, 0.5) is 4.39 Å². The molecule has 5 rings (SSSR count). The predicted molar refractivity (Wildman–Crippen MR) is 123 cm³/mol. The van der Waals surface area contributed by atoms with Gasteiger partial charge in [-0.15, -0.1) is 15.3 Å². The highest BCUT2D eigenvalue weighted by Gasteiger charge is 2.16. The summed E-state index contributed by atoms with van der Waals surface area (Å²) in [6.07, 6.45) is 0. The molecule has 2 aromatic heterocycles. The van der Waals surface area contributed by atoms with E-state index in [4.69, 9.17) is 0 Å². The Balaban J connectivity index is 1.49. The van der Waals surface area contributed by atoms with Crippen molar-refractivity contribution in [1.29, 1.82) is 0 Å². The summed E-state index contributed by atoms with van der Waals surface area (Å²) in [5.74, 6) is 0.996. The van der Waals surface area contributed by atoms with E-state index in [9.17, 15) is 4.39 Å². The number of rotatable bonds is 5. The molecule has 8 heteroatoms. The van der Waals surface area contributed by atoms with Crippen LogP contribution in [0.3, 0.4) is 0 Å². The maximum Gasteiger partial charge on any atom is 0.166 e. The molecule has 0 fully saturated rings. The van der Waals surface area contributed by atoms with Crippen LogP contribution in [0.5, 0.6) is 0 Å². The van der Waals surface area contributed by atoms with Gasteiger partial charge in [-0.2, -0.15) is 4.68 Å². The summed E-state index contributed by atoms with van der Waals surface area (Å²) in [4.78, 5) is 0. The lowest BCUT2D eigenvalue weighted by Gasteiger charge is -2.11. The van der Waals surface area contributed by atoms with Crippen molar-refractivity contribution in [2.24, 2.45) is 0 Å². The molecule has 0 spiro atoms. The number of hydrogen-bond donors (Lipinski definition) is 0. The zero-order valence-corrected chi connectivity index (χ0v) is 18.3. The number of aromatic nitrogens is 6. The number of aryl methyl sites for hydroxylation is 2. The lowest BCUT2D eigenvalue weighted by molar-refractivity contribution is 0.628. The third-order valence-electron chi connectivity index (χ3n) is 5.29. The molecule has 0 bridgehead atoms. The summed E-state index contributed by atoms with van der Waals surface area (Å²) in [6.45, 7) is 4.10. The highest BCUT2D eigenvalue weighted by molar-refractivity contribution is 7.98. The van der Waals surface area contributed by atoms with E-state index >= 15 is 0 Å². The van der Waals surface area contributed by atoms with Crippen molar-refractivity contribution in [3.8, 4) is 16.9 Å². The molecule has 0 N–H and O–H groups in total. The standard InChI is InChI=1S/C24H19FN6S/c1-15-6-5-7-16(2)23(15)31-21(26-29-30-31)14-32-24-20-9-4-3-8-19(20)22(27-28-24)17-10-12-18(25)13-11-17/h3-13H,14H2,1-2H3. The Morgan fingerprint density at radius 3 is 2.28 bits per heavy atom. The molecule has 32 heavy (non-hydrogen) atoms. The Hall–Kier alpha value is -3.65. The molecule has 0 aliphatic heterocycles. The number of nitrogens with zero attached hydrogens (tertiary/aromatic N) is 6. The maximum atomic E-state index is 13.4. The Kier molecular flexibility index (Phi) is 5.36. The van der Waals surface area contributed by atoms with Crippen LogP contribution in [0, 0.1) is 19.7 Å². The zero-order valence-electron chi connectivity index (χ0n) is 17.5. The number of para-hydroxylation sites is 1. The van der Waals surface area contributed by atoms with E-state index in [1.54, 1.807) is 16.8 Å². The monoisotopic (exact) mass is 442 g/mol. The molecule has 3 aromatic carbocycles. The molecule has 2 heterocycles. The van der Waals surface area contributed by atoms with Crippen LogP contribution >= 0.6 is 11.8 Å². The SMILES string of the molecule is Cc1cccc(C)c1-n1nnnc1CSc1nnc(-c2ccc(F)cc2)c2ccccc12. The van der Waals surface area contributed by atoms with Crippen LogP contribution < -0.4 is 0 Å². The number of hydrogen-bond acceptors (Lipinski definition) is 6. The van der Waals surface area contributed by atoms with Gasteiger partial charge in [-0.1, -0.05) is 54.2 Å². The lowest BCUT2D eigenvalue weighted by Crippen LogP contribution is -2.06. The second-order valence-corrected chi connectivity index (χ2v) is 8.41. The zero-order chi connectivity index (χ0) is 22.1. The van der Waals surface area contributed by atoms with Gasteiger partial charge in [0.15, 0.2) is 5.82 Å². The van der Waals surface area contributed by atoms with Crippen LogP contribution in [0.1, 0.15) is 17.0 Å². The van der Waals surface area contributed by atoms with Crippen molar-refractivity contribution in [1.82, 2.24) is 30.4 Å². The maximum absolute atomic E-state index is 13.4. The van der Waals surface area contributed by atoms with E-state index in [2.05, 4.69) is 25.7 Å². The first kappa shape index (κ1) is 20.3. The van der Waals surface area contributed by atoms with Gasteiger partial charge in [-0.05, 0) is 59.7 Å². The number of fused-ring (bicyclic) bond motifs is 1. The Morgan fingerprint density at radius 1 is 0.812 bits per heavy atom. The highest BCUT2D eigenvalue weighted by atomic mass is 32.2. The third-order valence-corrected chi connectivity index (χ3v) is 6.27. The summed E-state index contributed by atoms with van der Waals surface area (Å²) >= 11 is 1.54. The second kappa shape index (κ2) is 8.47. The third kappa shape index (κ3) is 3.73. The van der Waals surface area contributed by atoms with Crippen LogP contribution in [-0.2, 0) is 5.75 Å². The smallest absolute Gasteiger partial charge is 0.166 e. The summed E-state index contributed by atoms with van der Waals surface area (Å²) in [5.41, 5.74) is 4.77. The van der Waals surface area contributed by atoms with E-state index in [1.807, 2.05) is 56.3 Å². The topological polar surface area (TPSA) is 69.4 Å². The number of tetrazole rings is 1. The molecule has 0 aliphatic rings. The first-order valence-corrected chi connectivity index (χ1v) is 11.1. The van der Waals surface area contributed by atoms with Gasteiger partial charge < -0.3 is 0 Å². The van der Waals surface area contributed by atoms with Gasteiger partial charge in [0.1, 0.15) is 16.5 Å². The molecule has 0 atom stereocenters. The fourth-order valence-corrected chi connectivity index (χ4v) is 4.63. The van der Waals surface area contributed by atoms with Gasteiger partial charge in [0.2, 0.25) is 0 Å². The molecular formula is C24H19FN6S. The summed E-state index contributed by atoms with van der Waals surface area (Å²) in [5, 5.41) is 24.0. The van der Waals surface area contributed by atoms with Crippen LogP contribution in [0.15, 0.2) is 71.8 Å². The van der Waals surface area contributed by atoms with Gasteiger partial charge in [-0.3, -0.25) is 0 Å². The van der Waals surface area contributed by atoms with Crippen molar-refractivity contribution in [3.63, 3.8) is 0 Å². The minimum atomic E-state index is -0.278. The fraction of sp³-hybridized carbons (Fsp3) is 0.125. The van der Waals surface area contributed by atoms with E-state index in [0.717, 1.165) is 49.7 Å². The van der Waals surface area contributed by atoms with Crippen molar-refractivity contribution in [2.45, 2.75) is 24.6 Å². The largest absolute Gasteiger partial charge is 0.207 e. The summed E-state index contributed by atoms with van der Waals surface area (Å²) in [7, 11) is 0. The van der Waals surface area contributed by atoms with Gasteiger partial charge in [0, 0.05) is 16.3 Å². The molecular weight excluding hydrogens is 423 g/mol. The molecule has 0 amide bonds. The molecule has 0 saturated heterocycles. The minimum absolute atomic E-state index is 0.278. The van der Waals surface area contributed by atoms with Crippen molar-refractivity contribution in [3.05, 3.63) is 89.5 Å². The van der Waals surface area contributed by atoms with E-state index in [1.165, 1.54) is 23.9 Å². The van der Waals surface area contributed by atoms with Crippen LogP contribution in [0.2, 0.25) is 0 Å². The predicted octanol–water partition coefficient (Wildman–Crippen LogP) is 5.32. The van der Waals surface area contributed by atoms with Crippen molar-refractivity contribution >= 4 is 22.5 Å².